The van der Waals surface area contributed by atoms with E-state index in [0.29, 0.717) is 54.3 Å². The first-order chi connectivity index (χ1) is 19.4. The van der Waals surface area contributed by atoms with Crippen LogP contribution in [0.15, 0.2) is 80.4 Å². The highest BCUT2D eigenvalue weighted by Gasteiger charge is 2.43. The van der Waals surface area contributed by atoms with Gasteiger partial charge in [0.2, 0.25) is 5.76 Å². The Morgan fingerprint density at radius 1 is 0.925 bits per heavy atom. The summed E-state index contributed by atoms with van der Waals surface area (Å²) in [6.07, 6.45) is 0. The van der Waals surface area contributed by atoms with Crippen molar-refractivity contribution in [3.05, 3.63) is 104 Å². The summed E-state index contributed by atoms with van der Waals surface area (Å²) in [5.41, 5.74) is 2.36. The van der Waals surface area contributed by atoms with Crippen molar-refractivity contribution in [2.75, 3.05) is 32.8 Å². The maximum atomic E-state index is 13.9. The fraction of sp³-hybridized carbons (Fsp3) is 0.312. The SMILES string of the molecule is CCOc1cc(C2c3c(oc4ccc(Br)cc4c3=O)C(=O)N2CCN(CC)CC)ccc1OCc1ccccc1. The van der Waals surface area contributed by atoms with Crippen LogP contribution in [-0.4, -0.2) is 48.5 Å². The molecule has 1 unspecified atom stereocenters. The lowest BCUT2D eigenvalue weighted by Gasteiger charge is -2.28. The molecule has 1 amide bonds. The quantitative estimate of drug-likeness (QED) is 0.197. The number of amides is 1. The summed E-state index contributed by atoms with van der Waals surface area (Å²) < 4.78 is 19.0. The summed E-state index contributed by atoms with van der Waals surface area (Å²) >= 11 is 3.46. The molecule has 0 saturated carbocycles. The van der Waals surface area contributed by atoms with E-state index in [1.165, 1.54) is 0 Å². The third-order valence-electron chi connectivity index (χ3n) is 7.30. The lowest BCUT2D eigenvalue weighted by molar-refractivity contribution is 0.0708. The zero-order chi connectivity index (χ0) is 28.2. The number of nitrogens with zero attached hydrogens (tertiary/aromatic N) is 2. The van der Waals surface area contributed by atoms with Gasteiger partial charge < -0.3 is 23.7 Å². The lowest BCUT2D eigenvalue weighted by Crippen LogP contribution is -2.37. The van der Waals surface area contributed by atoms with Crippen molar-refractivity contribution in [2.24, 2.45) is 0 Å². The summed E-state index contributed by atoms with van der Waals surface area (Å²) in [7, 11) is 0. The first kappa shape index (κ1) is 27.9. The van der Waals surface area contributed by atoms with Gasteiger partial charge in [-0.25, -0.2) is 0 Å². The molecule has 0 radical (unpaired) electrons. The number of benzene rings is 3. The Morgan fingerprint density at radius 2 is 1.70 bits per heavy atom. The Balaban J connectivity index is 1.58. The van der Waals surface area contributed by atoms with Crippen LogP contribution >= 0.6 is 15.9 Å². The Labute approximate surface area is 242 Å². The van der Waals surface area contributed by atoms with Crippen molar-refractivity contribution in [1.29, 1.82) is 0 Å². The molecule has 8 heteroatoms. The Hall–Kier alpha value is -3.62. The van der Waals surface area contributed by atoms with E-state index in [1.807, 2.05) is 55.5 Å². The highest BCUT2D eigenvalue weighted by atomic mass is 79.9. The van der Waals surface area contributed by atoms with Crippen molar-refractivity contribution in [3.63, 3.8) is 0 Å². The van der Waals surface area contributed by atoms with Crippen molar-refractivity contribution < 1.29 is 18.7 Å². The number of hydrogen-bond donors (Lipinski definition) is 0. The van der Waals surface area contributed by atoms with Crippen molar-refractivity contribution in [2.45, 2.75) is 33.4 Å². The van der Waals surface area contributed by atoms with Crippen molar-refractivity contribution in [1.82, 2.24) is 9.80 Å². The molecule has 1 atom stereocenters. The van der Waals surface area contributed by atoms with Gasteiger partial charge in [0, 0.05) is 17.6 Å². The standard InChI is InChI=1S/C32H33BrN2O5/c1-4-34(5-2)16-17-35-29(28-30(36)24-19-23(33)13-15-25(24)40-31(28)32(35)37)22-12-14-26(27(18-22)38-6-3)39-20-21-10-8-7-9-11-21/h7-15,18-19,29H,4-6,16-17,20H2,1-3H3. The van der Waals surface area contributed by atoms with Gasteiger partial charge in [-0.2, -0.15) is 0 Å². The topological polar surface area (TPSA) is 72.2 Å². The number of likely N-dealkylation sites (N-methyl/N-ethyl adjacent to an activating group) is 1. The molecule has 2 heterocycles. The van der Waals surface area contributed by atoms with Crippen LogP contribution in [0.4, 0.5) is 0 Å². The summed E-state index contributed by atoms with van der Waals surface area (Å²) in [5.74, 6) is 0.986. The summed E-state index contributed by atoms with van der Waals surface area (Å²) in [6, 6.07) is 20.2. The van der Waals surface area contributed by atoms with Gasteiger partial charge in [0.05, 0.1) is 23.6 Å². The van der Waals surface area contributed by atoms with E-state index in [0.717, 1.165) is 28.7 Å². The predicted octanol–water partition coefficient (Wildman–Crippen LogP) is 6.42. The fourth-order valence-electron chi connectivity index (χ4n) is 5.18. The molecule has 208 valence electrons. The highest BCUT2D eigenvalue weighted by molar-refractivity contribution is 9.10. The summed E-state index contributed by atoms with van der Waals surface area (Å²) in [6.45, 7) is 9.81. The zero-order valence-electron chi connectivity index (χ0n) is 23.0. The molecule has 7 nitrogen and oxygen atoms in total. The second-order valence-corrected chi connectivity index (χ2v) is 10.6. The van der Waals surface area contributed by atoms with Gasteiger partial charge in [0.15, 0.2) is 16.9 Å². The Kier molecular flexibility index (Phi) is 8.57. The van der Waals surface area contributed by atoms with E-state index in [-0.39, 0.29) is 17.1 Å². The van der Waals surface area contributed by atoms with E-state index in [1.54, 1.807) is 23.1 Å². The Bertz CT molecular complexity index is 1570. The number of halogens is 1. The molecule has 0 aliphatic carbocycles. The van der Waals surface area contributed by atoms with Crippen molar-refractivity contribution >= 4 is 32.8 Å². The third kappa shape index (κ3) is 5.51. The lowest BCUT2D eigenvalue weighted by atomic mass is 9.98. The molecule has 1 aromatic heterocycles. The highest BCUT2D eigenvalue weighted by Crippen LogP contribution is 2.41. The molecule has 0 saturated heterocycles. The number of hydrogen-bond acceptors (Lipinski definition) is 6. The van der Waals surface area contributed by atoms with Gasteiger partial charge in [-0.1, -0.05) is 66.2 Å². The van der Waals surface area contributed by atoms with Crippen LogP contribution in [0, 0.1) is 0 Å². The predicted molar refractivity (Wildman–Crippen MR) is 159 cm³/mol. The molecule has 3 aromatic carbocycles. The van der Waals surface area contributed by atoms with Crippen molar-refractivity contribution in [3.8, 4) is 11.5 Å². The maximum absolute atomic E-state index is 13.9. The van der Waals surface area contributed by atoms with Gasteiger partial charge in [0.1, 0.15) is 12.2 Å². The van der Waals surface area contributed by atoms with E-state index in [2.05, 4.69) is 34.7 Å². The molecule has 0 fully saturated rings. The van der Waals surface area contributed by atoms with Gasteiger partial charge in [-0.15, -0.1) is 0 Å². The first-order valence-corrected chi connectivity index (χ1v) is 14.5. The molecule has 4 aromatic rings. The molecular formula is C32H33BrN2O5. The smallest absolute Gasteiger partial charge is 0.290 e. The van der Waals surface area contributed by atoms with Gasteiger partial charge >= 0.3 is 0 Å². The molecule has 0 bridgehead atoms. The van der Waals surface area contributed by atoms with Crippen LogP contribution in [0.3, 0.4) is 0 Å². The normalized spacial score (nSPS) is 14.7. The minimum Gasteiger partial charge on any atom is -0.490 e. The van der Waals surface area contributed by atoms with Gasteiger partial charge in [-0.05, 0) is 61.5 Å². The van der Waals surface area contributed by atoms with Crippen LogP contribution in [0.5, 0.6) is 11.5 Å². The summed E-state index contributed by atoms with van der Waals surface area (Å²) in [4.78, 5) is 31.7. The monoisotopic (exact) mass is 604 g/mol. The van der Waals surface area contributed by atoms with Gasteiger partial charge in [-0.3, -0.25) is 9.59 Å². The largest absolute Gasteiger partial charge is 0.490 e. The number of fused-ring (bicyclic) bond motifs is 2. The minimum absolute atomic E-state index is 0.103. The minimum atomic E-state index is -0.611. The van der Waals surface area contributed by atoms with E-state index in [9.17, 15) is 9.59 Å². The third-order valence-corrected chi connectivity index (χ3v) is 7.79. The molecular weight excluding hydrogens is 572 g/mol. The van der Waals surface area contributed by atoms with E-state index < -0.39 is 6.04 Å². The summed E-state index contributed by atoms with van der Waals surface area (Å²) in [5, 5.41) is 0.435. The average Bonchev–Trinajstić information content (AvgIpc) is 3.25. The van der Waals surface area contributed by atoms with Crippen LogP contribution in [0.1, 0.15) is 54.1 Å². The zero-order valence-corrected chi connectivity index (χ0v) is 24.6. The molecule has 1 aliphatic rings. The molecule has 1 aliphatic heterocycles. The van der Waals surface area contributed by atoms with Crippen LogP contribution in [-0.2, 0) is 6.61 Å². The Morgan fingerprint density at radius 3 is 2.42 bits per heavy atom. The molecule has 0 spiro atoms. The first-order valence-electron chi connectivity index (χ1n) is 13.7. The number of carbonyl (C=O) groups excluding carboxylic acids is 1. The van der Waals surface area contributed by atoms with Crippen LogP contribution < -0.4 is 14.9 Å². The van der Waals surface area contributed by atoms with E-state index >= 15 is 0 Å². The maximum Gasteiger partial charge on any atom is 0.290 e. The molecule has 0 N–H and O–H groups in total. The van der Waals surface area contributed by atoms with E-state index in [4.69, 9.17) is 13.9 Å². The fourth-order valence-corrected chi connectivity index (χ4v) is 5.54. The number of rotatable bonds is 11. The number of ether oxygens (including phenoxy) is 2. The average molecular weight is 606 g/mol. The van der Waals surface area contributed by atoms with Crippen LogP contribution in [0.2, 0.25) is 0 Å². The van der Waals surface area contributed by atoms with Crippen LogP contribution in [0.25, 0.3) is 11.0 Å². The van der Waals surface area contributed by atoms with Gasteiger partial charge in [0.25, 0.3) is 5.91 Å². The second kappa shape index (κ2) is 12.3. The molecule has 5 rings (SSSR count). The second-order valence-electron chi connectivity index (χ2n) is 9.66. The molecule has 40 heavy (non-hydrogen) atoms. The number of carbonyl (C=O) groups is 1.